The van der Waals surface area contributed by atoms with E-state index in [0.29, 0.717) is 18.5 Å². The highest BCUT2D eigenvalue weighted by Gasteiger charge is 2.14. The summed E-state index contributed by atoms with van der Waals surface area (Å²) < 4.78 is 6.49. The van der Waals surface area contributed by atoms with Gasteiger partial charge < -0.3 is 14.7 Å². The molecular weight excluding hydrogens is 450 g/mol. The molecule has 10 nitrogen and oxygen atoms in total. The first-order chi connectivity index (χ1) is 17.0. The summed E-state index contributed by atoms with van der Waals surface area (Å²) in [4.78, 5) is 42.6. The van der Waals surface area contributed by atoms with E-state index in [1.54, 1.807) is 0 Å². The molecule has 0 bridgehead atoms. The molecule has 5 rings (SSSR count). The van der Waals surface area contributed by atoms with E-state index < -0.39 is 10.7 Å². The Kier molecular flexibility index (Phi) is 5.84. The lowest BCUT2D eigenvalue weighted by Gasteiger charge is -2.07. The van der Waals surface area contributed by atoms with E-state index in [-0.39, 0.29) is 30.1 Å². The Bertz CT molecular complexity index is 1560. The molecule has 2 aromatic heterocycles. The molecule has 0 aliphatic heterocycles. The minimum Gasteiger partial charge on any atom is -0.407 e. The van der Waals surface area contributed by atoms with Crippen molar-refractivity contribution < 1.29 is 14.1 Å². The number of aromatic nitrogens is 3. The van der Waals surface area contributed by atoms with Crippen molar-refractivity contribution in [2.24, 2.45) is 0 Å². The predicted molar refractivity (Wildman–Crippen MR) is 130 cm³/mol. The zero-order valence-corrected chi connectivity index (χ0v) is 18.6. The summed E-state index contributed by atoms with van der Waals surface area (Å²) >= 11 is 0. The number of nitrogens with one attached hydrogen (secondary N) is 2. The average molecular weight is 471 g/mol. The Morgan fingerprint density at radius 2 is 1.91 bits per heavy atom. The van der Waals surface area contributed by atoms with Crippen LogP contribution in [0.15, 0.2) is 75.9 Å². The van der Waals surface area contributed by atoms with E-state index in [0.717, 1.165) is 28.0 Å². The van der Waals surface area contributed by atoms with Gasteiger partial charge in [0, 0.05) is 31.1 Å². The van der Waals surface area contributed by atoms with Crippen LogP contribution < -0.4 is 11.1 Å². The van der Waals surface area contributed by atoms with Gasteiger partial charge in [-0.3, -0.25) is 19.5 Å². The number of hydrogen-bond acceptors (Lipinski definition) is 6. The number of imidazole rings is 1. The number of amides is 1. The van der Waals surface area contributed by atoms with E-state index in [1.165, 1.54) is 22.8 Å². The smallest absolute Gasteiger partial charge is 0.407 e. The summed E-state index contributed by atoms with van der Waals surface area (Å²) in [6.45, 7) is 0.654. The lowest BCUT2D eigenvalue weighted by Crippen LogP contribution is -2.23. The first-order valence-corrected chi connectivity index (χ1v) is 11.1. The van der Waals surface area contributed by atoms with Crippen LogP contribution in [-0.2, 0) is 17.9 Å². The van der Waals surface area contributed by atoms with E-state index in [2.05, 4.69) is 15.3 Å². The van der Waals surface area contributed by atoms with Crippen LogP contribution in [0.2, 0.25) is 0 Å². The number of carbonyl (C=O) groups is 1. The molecule has 0 radical (unpaired) electrons. The number of fused-ring (bicyclic) bond motifs is 2. The summed E-state index contributed by atoms with van der Waals surface area (Å²) in [6.07, 6.45) is 0.644. The Labute approximate surface area is 198 Å². The third-order valence-electron chi connectivity index (χ3n) is 5.75. The predicted octanol–water partition coefficient (Wildman–Crippen LogP) is 4.14. The molecule has 2 N–H and O–H groups in total. The number of nitro benzene ring substituents is 1. The topological polar surface area (TPSA) is 136 Å². The minimum atomic E-state index is -0.606. The van der Waals surface area contributed by atoms with E-state index >= 15 is 0 Å². The molecule has 176 valence electrons. The Hall–Kier alpha value is -4.73. The van der Waals surface area contributed by atoms with Gasteiger partial charge in [-0.1, -0.05) is 36.4 Å². The average Bonchev–Trinajstić information content (AvgIpc) is 3.43. The molecule has 35 heavy (non-hydrogen) atoms. The first-order valence-electron chi connectivity index (χ1n) is 11.1. The van der Waals surface area contributed by atoms with Gasteiger partial charge in [0.1, 0.15) is 5.82 Å². The molecule has 5 aromatic rings. The quantitative estimate of drug-likeness (QED) is 0.258. The zero-order valence-electron chi connectivity index (χ0n) is 18.6. The molecule has 0 unspecified atom stereocenters. The number of aromatic amines is 1. The van der Waals surface area contributed by atoms with Gasteiger partial charge in [0.15, 0.2) is 5.58 Å². The summed E-state index contributed by atoms with van der Waals surface area (Å²) in [7, 11) is 0. The third kappa shape index (κ3) is 4.67. The number of carbonyl (C=O) groups excluding carboxylic acids is 1. The molecule has 3 aromatic carbocycles. The highest BCUT2D eigenvalue weighted by Crippen LogP contribution is 2.21. The minimum absolute atomic E-state index is 0.136. The second-order valence-electron chi connectivity index (χ2n) is 8.11. The Morgan fingerprint density at radius 1 is 1.11 bits per heavy atom. The second kappa shape index (κ2) is 9.26. The highest BCUT2D eigenvalue weighted by atomic mass is 16.6. The van der Waals surface area contributed by atoms with Crippen molar-refractivity contribution in [2.75, 3.05) is 0 Å². The number of non-ortho nitro benzene ring substituents is 1. The normalized spacial score (nSPS) is 11.2. The molecule has 2 heterocycles. The number of benzene rings is 3. The Balaban J connectivity index is 1.14. The molecule has 10 heteroatoms. The number of para-hydroxylation sites is 2. The molecule has 0 atom stereocenters. The number of hydrogen-bond donors (Lipinski definition) is 2. The van der Waals surface area contributed by atoms with Gasteiger partial charge in [0.25, 0.3) is 5.69 Å². The van der Waals surface area contributed by atoms with Gasteiger partial charge in [-0.25, -0.2) is 9.78 Å². The maximum atomic E-state index is 12.3. The number of aryl methyl sites for hydroxylation is 1. The van der Waals surface area contributed by atoms with Crippen molar-refractivity contribution in [3.05, 3.63) is 93.0 Å². The number of H-pyrrole nitrogens is 1. The van der Waals surface area contributed by atoms with Gasteiger partial charge in [-0.15, -0.1) is 0 Å². The molecule has 0 spiro atoms. The fourth-order valence-corrected chi connectivity index (χ4v) is 3.94. The van der Waals surface area contributed by atoms with Crippen molar-refractivity contribution in [1.29, 1.82) is 0 Å². The fourth-order valence-electron chi connectivity index (χ4n) is 3.94. The van der Waals surface area contributed by atoms with Crippen LogP contribution in [0.25, 0.3) is 33.5 Å². The standard InChI is InChI=1S/C25H21N5O5/c31-23(6-3-13-29-21-12-11-18(30(33)34)14-22(21)35-25(29)32)26-15-16-7-9-17(10-8-16)24-27-19-4-1-2-5-20(19)28-24/h1-2,4-5,7-12,14H,3,6,13,15H2,(H,26,31)(H,27,28). The Morgan fingerprint density at radius 3 is 2.69 bits per heavy atom. The van der Waals surface area contributed by atoms with Gasteiger partial charge in [-0.2, -0.15) is 0 Å². The number of nitrogens with zero attached hydrogens (tertiary/aromatic N) is 3. The second-order valence-corrected chi connectivity index (χ2v) is 8.11. The molecule has 1 amide bonds. The van der Waals surface area contributed by atoms with Crippen molar-refractivity contribution in [3.63, 3.8) is 0 Å². The fraction of sp³-hybridized carbons (Fsp3) is 0.160. The maximum Gasteiger partial charge on any atom is 0.419 e. The van der Waals surface area contributed by atoms with Crippen LogP contribution in [-0.4, -0.2) is 25.4 Å². The van der Waals surface area contributed by atoms with Crippen molar-refractivity contribution in [3.8, 4) is 11.4 Å². The lowest BCUT2D eigenvalue weighted by molar-refractivity contribution is -0.384. The van der Waals surface area contributed by atoms with E-state index in [1.807, 2.05) is 48.5 Å². The van der Waals surface area contributed by atoms with E-state index in [4.69, 9.17) is 4.42 Å². The summed E-state index contributed by atoms with van der Waals surface area (Å²) in [6, 6.07) is 19.7. The molecule has 0 aliphatic rings. The number of oxazole rings is 1. The van der Waals surface area contributed by atoms with Crippen LogP contribution in [0.5, 0.6) is 0 Å². The van der Waals surface area contributed by atoms with Gasteiger partial charge >= 0.3 is 5.76 Å². The van der Waals surface area contributed by atoms with Crippen molar-refractivity contribution in [2.45, 2.75) is 25.9 Å². The summed E-state index contributed by atoms with van der Waals surface area (Å²) in [5.41, 5.74) is 4.27. The largest absolute Gasteiger partial charge is 0.419 e. The van der Waals surface area contributed by atoms with Gasteiger partial charge in [0.2, 0.25) is 5.91 Å². The molecule has 0 fully saturated rings. The van der Waals surface area contributed by atoms with Crippen LogP contribution in [0, 0.1) is 10.1 Å². The third-order valence-corrected chi connectivity index (χ3v) is 5.75. The van der Waals surface area contributed by atoms with Crippen molar-refractivity contribution in [1.82, 2.24) is 19.9 Å². The number of nitro groups is 1. The van der Waals surface area contributed by atoms with Gasteiger partial charge in [0.05, 0.1) is 27.5 Å². The monoisotopic (exact) mass is 471 g/mol. The molecular formula is C25H21N5O5. The van der Waals surface area contributed by atoms with Crippen LogP contribution in [0.1, 0.15) is 18.4 Å². The SMILES string of the molecule is O=C(CCCn1c(=O)oc2cc([N+](=O)[O-])ccc21)NCc1ccc(-c2nc3ccccc3[nH]2)cc1. The maximum absolute atomic E-state index is 12.3. The number of rotatable bonds is 8. The highest BCUT2D eigenvalue weighted by molar-refractivity contribution is 5.79. The van der Waals surface area contributed by atoms with Crippen LogP contribution in [0.4, 0.5) is 5.69 Å². The van der Waals surface area contributed by atoms with Crippen LogP contribution >= 0.6 is 0 Å². The molecule has 0 saturated heterocycles. The van der Waals surface area contributed by atoms with E-state index in [9.17, 15) is 19.7 Å². The first kappa shape index (κ1) is 22.1. The zero-order chi connectivity index (χ0) is 24.4. The summed E-state index contributed by atoms with van der Waals surface area (Å²) in [5.74, 6) is 0.0479. The van der Waals surface area contributed by atoms with Crippen LogP contribution in [0.3, 0.4) is 0 Å². The molecule has 0 aliphatic carbocycles. The summed E-state index contributed by atoms with van der Waals surface area (Å²) in [5, 5.41) is 13.8. The van der Waals surface area contributed by atoms with Crippen molar-refractivity contribution >= 4 is 33.7 Å². The lowest BCUT2D eigenvalue weighted by atomic mass is 10.1. The molecule has 0 saturated carbocycles. The van der Waals surface area contributed by atoms with Gasteiger partial charge in [-0.05, 0) is 30.2 Å².